The van der Waals surface area contributed by atoms with Gasteiger partial charge in [-0.25, -0.2) is 8.42 Å². The normalized spacial score (nSPS) is 11.6. The van der Waals surface area contributed by atoms with E-state index in [0.717, 1.165) is 6.07 Å². The van der Waals surface area contributed by atoms with Gasteiger partial charge in [0.25, 0.3) is 10.0 Å². The summed E-state index contributed by atoms with van der Waals surface area (Å²) >= 11 is 15.2. The van der Waals surface area contributed by atoms with E-state index in [4.69, 9.17) is 23.2 Å². The summed E-state index contributed by atoms with van der Waals surface area (Å²) in [5.41, 5.74) is -1.18. The predicted molar refractivity (Wildman–Crippen MR) is 100 cm³/mol. The number of hydrogen-bond acceptors (Lipinski definition) is 4. The Labute approximate surface area is 159 Å². The van der Waals surface area contributed by atoms with Gasteiger partial charge in [-0.15, -0.1) is 0 Å². The number of aromatic nitrogens is 2. The van der Waals surface area contributed by atoms with E-state index in [0.29, 0.717) is 9.50 Å². The number of nitrogens with one attached hydrogen (secondary N) is 3. The highest BCUT2D eigenvalue weighted by Gasteiger charge is 2.20. The summed E-state index contributed by atoms with van der Waals surface area (Å²) in [5.74, 6) is 0. The van der Waals surface area contributed by atoms with Crippen LogP contribution in [-0.4, -0.2) is 18.4 Å². The molecule has 0 bridgehead atoms. The van der Waals surface area contributed by atoms with E-state index in [1.807, 2.05) is 0 Å². The maximum atomic E-state index is 12.6. The fraction of sp³-hybridized carbons (Fsp3) is 0. The number of anilines is 1. The van der Waals surface area contributed by atoms with Gasteiger partial charge in [-0.3, -0.25) is 14.3 Å². The fourth-order valence-corrected chi connectivity index (χ4v) is 4.13. The summed E-state index contributed by atoms with van der Waals surface area (Å²) in [6.07, 6.45) is 0. The van der Waals surface area contributed by atoms with E-state index in [9.17, 15) is 18.0 Å². The highest BCUT2D eigenvalue weighted by atomic mass is 79.9. The molecule has 2 aromatic carbocycles. The zero-order chi connectivity index (χ0) is 18.4. The third-order valence-corrected chi connectivity index (χ3v) is 6.31. The van der Waals surface area contributed by atoms with E-state index < -0.39 is 21.1 Å². The van der Waals surface area contributed by atoms with E-state index in [1.165, 1.54) is 18.2 Å². The van der Waals surface area contributed by atoms with Crippen LogP contribution in [0.2, 0.25) is 10.0 Å². The van der Waals surface area contributed by atoms with Gasteiger partial charge in [0.1, 0.15) is 4.90 Å². The van der Waals surface area contributed by atoms with Crippen LogP contribution in [0.25, 0.3) is 11.0 Å². The Balaban J connectivity index is 2.11. The molecule has 3 rings (SSSR count). The van der Waals surface area contributed by atoms with Gasteiger partial charge in [0, 0.05) is 4.47 Å². The minimum Gasteiger partial charge on any atom is -0.316 e. The Morgan fingerprint density at radius 1 is 0.920 bits per heavy atom. The number of fused-ring (bicyclic) bond motifs is 1. The highest BCUT2D eigenvalue weighted by molar-refractivity contribution is 9.10. The molecule has 3 aromatic rings. The lowest BCUT2D eigenvalue weighted by Crippen LogP contribution is -2.29. The number of aromatic amines is 2. The number of halogens is 3. The van der Waals surface area contributed by atoms with Crippen LogP contribution in [-0.2, 0) is 10.0 Å². The molecule has 7 nitrogen and oxygen atoms in total. The topological polar surface area (TPSA) is 112 Å². The van der Waals surface area contributed by atoms with Crippen molar-refractivity contribution in [2.45, 2.75) is 4.90 Å². The predicted octanol–water partition coefficient (Wildman–Crippen LogP) is 3.09. The summed E-state index contributed by atoms with van der Waals surface area (Å²) in [4.78, 5) is 27.1. The van der Waals surface area contributed by atoms with Crippen molar-refractivity contribution in [2.24, 2.45) is 0 Å². The second-order valence-corrected chi connectivity index (χ2v) is 8.29. The van der Waals surface area contributed by atoms with Gasteiger partial charge in [-0.1, -0.05) is 23.2 Å². The molecule has 1 heterocycles. The van der Waals surface area contributed by atoms with Crippen molar-refractivity contribution in [3.63, 3.8) is 0 Å². The maximum absolute atomic E-state index is 12.6. The minimum atomic E-state index is -4.06. The SMILES string of the molecule is O=c1[nH]c2cc(Cl)c(S(=O)(=O)Nc3ccc(Br)c(Cl)c3)cc2[nH]c1=O. The van der Waals surface area contributed by atoms with Crippen LogP contribution in [0, 0.1) is 0 Å². The van der Waals surface area contributed by atoms with Crippen molar-refractivity contribution in [1.82, 2.24) is 9.97 Å². The van der Waals surface area contributed by atoms with Crippen LogP contribution in [0.1, 0.15) is 0 Å². The van der Waals surface area contributed by atoms with Gasteiger partial charge < -0.3 is 9.97 Å². The summed E-state index contributed by atoms with van der Waals surface area (Å²) in [6, 6.07) is 6.94. The van der Waals surface area contributed by atoms with Gasteiger partial charge in [-0.05, 0) is 46.3 Å². The lowest BCUT2D eigenvalue weighted by molar-refractivity contribution is 0.601. The van der Waals surface area contributed by atoms with Crippen LogP contribution in [0.4, 0.5) is 5.69 Å². The first-order valence-corrected chi connectivity index (χ1v) is 9.64. The third-order valence-electron chi connectivity index (χ3n) is 3.24. The largest absolute Gasteiger partial charge is 0.316 e. The number of H-pyrrole nitrogens is 2. The van der Waals surface area contributed by atoms with E-state index in [1.54, 1.807) is 6.07 Å². The molecule has 25 heavy (non-hydrogen) atoms. The lowest BCUT2D eigenvalue weighted by Gasteiger charge is -2.11. The van der Waals surface area contributed by atoms with Gasteiger partial charge >= 0.3 is 11.1 Å². The number of rotatable bonds is 3. The molecule has 11 heteroatoms. The summed E-state index contributed by atoms with van der Waals surface area (Å²) in [7, 11) is -4.06. The fourth-order valence-electron chi connectivity index (χ4n) is 2.09. The zero-order valence-corrected chi connectivity index (χ0v) is 16.0. The molecule has 0 saturated heterocycles. The first-order valence-electron chi connectivity index (χ1n) is 6.61. The quantitative estimate of drug-likeness (QED) is 0.517. The molecule has 0 spiro atoms. The first-order chi connectivity index (χ1) is 11.7. The van der Waals surface area contributed by atoms with Crippen LogP contribution in [0.15, 0.2) is 49.3 Å². The molecule has 0 atom stereocenters. The third kappa shape index (κ3) is 3.59. The van der Waals surface area contributed by atoms with Crippen LogP contribution in [0.3, 0.4) is 0 Å². The van der Waals surface area contributed by atoms with Crippen molar-refractivity contribution in [1.29, 1.82) is 0 Å². The molecule has 0 unspecified atom stereocenters. The van der Waals surface area contributed by atoms with Crippen LogP contribution in [0.5, 0.6) is 0 Å². The Bertz CT molecular complexity index is 1220. The molecule has 0 radical (unpaired) electrons. The average Bonchev–Trinajstić information content (AvgIpc) is 2.51. The first kappa shape index (κ1) is 18.0. The second kappa shape index (κ2) is 6.49. The number of benzene rings is 2. The average molecular weight is 465 g/mol. The standard InChI is InChI=1S/C14H8BrCl2N3O4S/c15-7-2-1-6(3-8(7)16)20-25(23,24)12-5-11-10(4-9(12)17)18-13(21)14(22)19-11/h1-5,20H,(H,18,21)(H,19,22). The van der Waals surface area contributed by atoms with Crippen molar-refractivity contribution in [2.75, 3.05) is 4.72 Å². The van der Waals surface area contributed by atoms with Gasteiger partial charge in [0.2, 0.25) is 0 Å². The van der Waals surface area contributed by atoms with Crippen molar-refractivity contribution >= 4 is 65.9 Å². The zero-order valence-electron chi connectivity index (χ0n) is 12.1. The lowest BCUT2D eigenvalue weighted by atomic mass is 10.3. The summed E-state index contributed by atoms with van der Waals surface area (Å²) < 4.78 is 28.2. The van der Waals surface area contributed by atoms with Gasteiger partial charge in [0.15, 0.2) is 0 Å². The minimum absolute atomic E-state index is 0.120. The van der Waals surface area contributed by atoms with Gasteiger partial charge in [0.05, 0.1) is 26.8 Å². The Hall–Kier alpha value is -1.81. The molecular weight excluding hydrogens is 457 g/mol. The Morgan fingerprint density at radius 3 is 2.12 bits per heavy atom. The monoisotopic (exact) mass is 463 g/mol. The molecule has 3 N–H and O–H groups in total. The molecule has 0 saturated carbocycles. The van der Waals surface area contributed by atoms with Crippen molar-refractivity contribution in [3.8, 4) is 0 Å². The smallest absolute Gasteiger partial charge is 0.314 e. The van der Waals surface area contributed by atoms with Crippen LogP contribution >= 0.6 is 39.1 Å². The second-order valence-electron chi connectivity index (χ2n) is 4.97. The molecule has 0 amide bonds. The highest BCUT2D eigenvalue weighted by Crippen LogP contribution is 2.29. The molecule has 0 aliphatic rings. The number of sulfonamides is 1. The van der Waals surface area contributed by atoms with E-state index in [-0.39, 0.29) is 26.6 Å². The Kier molecular flexibility index (Phi) is 4.67. The molecule has 0 aliphatic heterocycles. The van der Waals surface area contributed by atoms with E-state index in [2.05, 4.69) is 30.6 Å². The van der Waals surface area contributed by atoms with Crippen molar-refractivity contribution < 1.29 is 8.42 Å². The molecule has 0 aliphatic carbocycles. The summed E-state index contributed by atoms with van der Waals surface area (Å²) in [6.45, 7) is 0. The summed E-state index contributed by atoms with van der Waals surface area (Å²) in [5, 5.41) is 0.206. The van der Waals surface area contributed by atoms with Crippen molar-refractivity contribution in [3.05, 3.63) is 65.6 Å². The van der Waals surface area contributed by atoms with E-state index >= 15 is 0 Å². The van der Waals surface area contributed by atoms with Gasteiger partial charge in [-0.2, -0.15) is 0 Å². The van der Waals surface area contributed by atoms with Crippen LogP contribution < -0.4 is 15.8 Å². The molecule has 0 fully saturated rings. The molecule has 130 valence electrons. The Morgan fingerprint density at radius 2 is 1.52 bits per heavy atom. The maximum Gasteiger partial charge on any atom is 0.314 e. The number of hydrogen-bond donors (Lipinski definition) is 3. The molecular formula is C14H8BrCl2N3O4S. The molecule has 1 aromatic heterocycles.